The molecule has 184 valence electrons. The number of nitrogens with one attached hydrogen (secondary N) is 1. The normalized spacial score (nSPS) is 24.0. The van der Waals surface area contributed by atoms with Crippen molar-refractivity contribution in [3.05, 3.63) is 76.2 Å². The van der Waals surface area contributed by atoms with E-state index in [2.05, 4.69) is 22.4 Å². The minimum Gasteiger partial charge on any atom is -0.395 e. The highest BCUT2D eigenvalue weighted by molar-refractivity contribution is 6.31. The van der Waals surface area contributed by atoms with Crippen molar-refractivity contribution in [3.8, 4) is 17.3 Å². The third kappa shape index (κ3) is 4.32. The van der Waals surface area contributed by atoms with Gasteiger partial charge in [-0.1, -0.05) is 31.5 Å². The Labute approximate surface area is 215 Å². The molecule has 2 N–H and O–H groups in total. The molecular weight excluding hydrogens is 474 g/mol. The maximum Gasteiger partial charge on any atom is 0.227 e. The zero-order valence-electron chi connectivity index (χ0n) is 20.3. The van der Waals surface area contributed by atoms with E-state index in [9.17, 15) is 15.2 Å². The maximum absolute atomic E-state index is 12.0. The Morgan fingerprint density at radius 2 is 2.25 bits per heavy atom. The van der Waals surface area contributed by atoms with Crippen LogP contribution in [0.15, 0.2) is 59.6 Å². The summed E-state index contributed by atoms with van der Waals surface area (Å²) in [6.07, 6.45) is 11.6. The van der Waals surface area contributed by atoms with Gasteiger partial charge in [-0.2, -0.15) is 5.26 Å². The number of anilines is 1. The second-order valence-electron chi connectivity index (χ2n) is 9.84. The standard InChI is InChI=1S/C28H28ClN5O2/c1-3-20(36)15-34-9-6-22-25(12-19(29)13-26(22)34)33-27-31-8-5-24(32-27)17-10-18(14-30)21-4-7-28(2,16-35)23(21)11-17/h5-6,8-13,22,26,35H,3-4,7,15-16H2,1-2H3,(H,31,32,33). The molecule has 2 aliphatic carbocycles. The van der Waals surface area contributed by atoms with Crippen LogP contribution in [0.2, 0.25) is 0 Å². The number of fused-ring (bicyclic) bond motifs is 2. The fraction of sp³-hybridized carbons (Fsp3) is 0.357. The first-order valence-electron chi connectivity index (χ1n) is 12.2. The van der Waals surface area contributed by atoms with E-state index in [1.165, 1.54) is 0 Å². The number of allylic oxidation sites excluding steroid dienone is 2. The van der Waals surface area contributed by atoms with E-state index in [0.29, 0.717) is 35.2 Å². The lowest BCUT2D eigenvalue weighted by Gasteiger charge is -2.31. The van der Waals surface area contributed by atoms with Crippen molar-refractivity contribution in [2.45, 2.75) is 44.6 Å². The largest absolute Gasteiger partial charge is 0.395 e. The van der Waals surface area contributed by atoms with Gasteiger partial charge >= 0.3 is 0 Å². The van der Waals surface area contributed by atoms with Gasteiger partial charge < -0.3 is 15.3 Å². The molecule has 0 saturated heterocycles. The van der Waals surface area contributed by atoms with E-state index in [1.54, 1.807) is 6.20 Å². The number of aliphatic hydroxyl groups excluding tert-OH is 1. The first-order chi connectivity index (χ1) is 17.3. The molecule has 1 aromatic heterocycles. The molecule has 8 heteroatoms. The molecule has 36 heavy (non-hydrogen) atoms. The lowest BCUT2D eigenvalue weighted by molar-refractivity contribution is -0.119. The molecule has 2 aromatic rings. The summed E-state index contributed by atoms with van der Waals surface area (Å²) in [5, 5.41) is 23.7. The summed E-state index contributed by atoms with van der Waals surface area (Å²) in [5.41, 5.74) is 4.65. The van der Waals surface area contributed by atoms with Gasteiger partial charge in [0.15, 0.2) is 5.78 Å². The average Bonchev–Trinajstić information content (AvgIpc) is 3.44. The molecule has 3 aliphatic rings. The number of halogens is 1. The molecule has 2 heterocycles. The second kappa shape index (κ2) is 9.53. The lowest BCUT2D eigenvalue weighted by atomic mass is 9.83. The quantitative estimate of drug-likeness (QED) is 0.578. The van der Waals surface area contributed by atoms with Gasteiger partial charge in [0.1, 0.15) is 0 Å². The molecule has 7 nitrogen and oxygen atoms in total. The molecule has 0 amide bonds. The van der Waals surface area contributed by atoms with E-state index in [4.69, 9.17) is 16.6 Å². The van der Waals surface area contributed by atoms with Crippen molar-refractivity contribution in [3.63, 3.8) is 0 Å². The van der Waals surface area contributed by atoms with E-state index < -0.39 is 0 Å². The van der Waals surface area contributed by atoms with Gasteiger partial charge in [0.2, 0.25) is 5.95 Å². The number of Topliss-reactive ketones (excluding diaryl/α,β-unsaturated/α-hetero) is 1. The first-order valence-corrected chi connectivity index (χ1v) is 12.6. The van der Waals surface area contributed by atoms with Crippen molar-refractivity contribution in [1.82, 2.24) is 14.9 Å². The Morgan fingerprint density at radius 1 is 1.42 bits per heavy atom. The Kier molecular flexibility index (Phi) is 6.42. The lowest BCUT2D eigenvalue weighted by Crippen LogP contribution is -2.37. The minimum atomic E-state index is -0.365. The van der Waals surface area contributed by atoms with Crippen LogP contribution in [0, 0.1) is 17.2 Å². The summed E-state index contributed by atoms with van der Waals surface area (Å²) in [6.45, 7) is 4.28. The minimum absolute atomic E-state index is 0.000129. The zero-order chi connectivity index (χ0) is 25.4. The number of carbonyl (C=O) groups is 1. The van der Waals surface area contributed by atoms with Gasteiger partial charge in [-0.15, -0.1) is 0 Å². The highest BCUT2D eigenvalue weighted by Crippen LogP contribution is 2.42. The third-order valence-electron chi connectivity index (χ3n) is 7.48. The van der Waals surface area contributed by atoms with Crippen molar-refractivity contribution in [1.29, 1.82) is 5.26 Å². The van der Waals surface area contributed by atoms with Crippen molar-refractivity contribution in [2.24, 2.45) is 5.92 Å². The first kappa shape index (κ1) is 24.2. The second-order valence-corrected chi connectivity index (χ2v) is 10.3. The van der Waals surface area contributed by atoms with Crippen molar-refractivity contribution >= 4 is 23.3 Å². The summed E-state index contributed by atoms with van der Waals surface area (Å²) < 4.78 is 0. The van der Waals surface area contributed by atoms with Crippen LogP contribution in [-0.2, 0) is 16.6 Å². The van der Waals surface area contributed by atoms with Crippen LogP contribution < -0.4 is 5.32 Å². The van der Waals surface area contributed by atoms with Crippen LogP contribution in [0.5, 0.6) is 0 Å². The molecule has 0 fully saturated rings. The molecule has 0 bridgehead atoms. The smallest absolute Gasteiger partial charge is 0.227 e. The number of hydrogen-bond acceptors (Lipinski definition) is 7. The van der Waals surface area contributed by atoms with Gasteiger partial charge in [-0.3, -0.25) is 4.79 Å². The monoisotopic (exact) mass is 501 g/mol. The number of nitriles is 1. The van der Waals surface area contributed by atoms with Gasteiger partial charge in [0.25, 0.3) is 0 Å². The van der Waals surface area contributed by atoms with Gasteiger partial charge in [-0.25, -0.2) is 9.97 Å². The molecule has 3 atom stereocenters. The number of carbonyl (C=O) groups excluding carboxylic acids is 1. The number of nitrogens with zero attached hydrogens (tertiary/aromatic N) is 4. The molecule has 5 rings (SSSR count). The van der Waals surface area contributed by atoms with Crippen molar-refractivity contribution in [2.75, 3.05) is 18.5 Å². The van der Waals surface area contributed by atoms with E-state index >= 15 is 0 Å². The Bertz CT molecular complexity index is 1360. The van der Waals surface area contributed by atoms with Gasteiger partial charge in [-0.05, 0) is 60.5 Å². The van der Waals surface area contributed by atoms with Crippen LogP contribution in [-0.4, -0.2) is 45.0 Å². The van der Waals surface area contributed by atoms with Crippen molar-refractivity contribution < 1.29 is 9.90 Å². The van der Waals surface area contributed by atoms with E-state index in [1.807, 2.05) is 55.3 Å². The van der Waals surface area contributed by atoms with Gasteiger partial charge in [0, 0.05) is 40.2 Å². The molecule has 1 aromatic carbocycles. The highest BCUT2D eigenvalue weighted by atomic mass is 35.5. The fourth-order valence-corrected chi connectivity index (χ4v) is 5.54. The Balaban J connectivity index is 1.43. The number of hydrogen-bond donors (Lipinski definition) is 2. The fourth-order valence-electron chi connectivity index (χ4n) is 5.29. The van der Waals surface area contributed by atoms with Crippen LogP contribution in [0.1, 0.15) is 43.4 Å². The zero-order valence-corrected chi connectivity index (χ0v) is 21.1. The summed E-state index contributed by atoms with van der Waals surface area (Å²) in [5.74, 6) is 0.595. The average molecular weight is 502 g/mol. The Morgan fingerprint density at radius 3 is 3.00 bits per heavy atom. The predicted octanol–water partition coefficient (Wildman–Crippen LogP) is 4.44. The van der Waals surface area contributed by atoms with Crippen LogP contribution in [0.3, 0.4) is 0 Å². The molecule has 1 aliphatic heterocycles. The van der Waals surface area contributed by atoms with Crippen LogP contribution in [0.4, 0.5) is 5.95 Å². The molecular formula is C28H28ClN5O2. The van der Waals surface area contributed by atoms with E-state index in [-0.39, 0.29) is 29.8 Å². The van der Waals surface area contributed by atoms with Crippen LogP contribution in [0.25, 0.3) is 11.3 Å². The molecule has 0 spiro atoms. The predicted molar refractivity (Wildman–Crippen MR) is 139 cm³/mol. The summed E-state index contributed by atoms with van der Waals surface area (Å²) in [7, 11) is 0. The molecule has 0 radical (unpaired) electrons. The number of benzene rings is 1. The SMILES string of the molecule is CCC(=O)CN1C=CC2C(Nc3nccc(-c4cc(C#N)c5c(c4)C(C)(CO)CC5)n3)=CC(Cl)=CC21. The van der Waals surface area contributed by atoms with Crippen LogP contribution >= 0.6 is 11.6 Å². The molecule has 0 saturated carbocycles. The number of ketones is 1. The van der Waals surface area contributed by atoms with Gasteiger partial charge in [0.05, 0.1) is 36.5 Å². The summed E-state index contributed by atoms with van der Waals surface area (Å²) >= 11 is 6.45. The summed E-state index contributed by atoms with van der Waals surface area (Å²) in [6, 6.07) is 8.01. The van der Waals surface area contributed by atoms with E-state index in [0.717, 1.165) is 35.2 Å². The third-order valence-corrected chi connectivity index (χ3v) is 7.71. The number of aliphatic hydroxyl groups is 1. The number of aromatic nitrogens is 2. The summed E-state index contributed by atoms with van der Waals surface area (Å²) in [4.78, 5) is 23.2. The Hall–Kier alpha value is -3.47. The topological polar surface area (TPSA) is 102 Å². The number of rotatable bonds is 7. The maximum atomic E-state index is 12.0. The molecule has 3 unspecified atom stereocenters. The highest BCUT2D eigenvalue weighted by Gasteiger charge is 2.36.